The number of piperidine rings is 1. The summed E-state index contributed by atoms with van der Waals surface area (Å²) in [5.41, 5.74) is 0.670. The Hall–Kier alpha value is -2.00. The van der Waals surface area contributed by atoms with Crippen LogP contribution >= 0.6 is 0 Å². The van der Waals surface area contributed by atoms with E-state index in [1.807, 2.05) is 0 Å². The summed E-state index contributed by atoms with van der Waals surface area (Å²) in [5, 5.41) is 14.9. The quantitative estimate of drug-likeness (QED) is 0.575. The fraction of sp³-hybridized carbons (Fsp3) is 0.667. The normalized spacial score (nSPS) is 19.6. The van der Waals surface area contributed by atoms with E-state index < -0.39 is 18.0 Å². The molecule has 1 aromatic carbocycles. The van der Waals surface area contributed by atoms with Crippen LogP contribution in [0.3, 0.4) is 0 Å². The lowest BCUT2D eigenvalue weighted by molar-refractivity contribution is -0.385. The second-order valence-electron chi connectivity index (χ2n) is 7.30. The van der Waals surface area contributed by atoms with E-state index in [0.29, 0.717) is 17.5 Å². The highest BCUT2D eigenvalue weighted by Crippen LogP contribution is 2.41. The molecule has 150 valence electrons. The minimum Gasteiger partial charge on any atom is -0.493 e. The molecule has 0 aromatic heterocycles. The van der Waals surface area contributed by atoms with Gasteiger partial charge < -0.3 is 14.8 Å². The summed E-state index contributed by atoms with van der Waals surface area (Å²) in [6.45, 7) is 3.42. The van der Waals surface area contributed by atoms with Crippen molar-refractivity contribution in [3.8, 4) is 11.5 Å². The van der Waals surface area contributed by atoms with E-state index in [-0.39, 0.29) is 17.2 Å². The molecule has 1 aromatic rings. The topological polar surface area (TPSA) is 76.9 Å². The van der Waals surface area contributed by atoms with Gasteiger partial charge in [-0.05, 0) is 50.4 Å². The number of ether oxygens (including phenoxy) is 2. The third-order valence-electron chi connectivity index (χ3n) is 5.50. The lowest BCUT2D eigenvalue weighted by Crippen LogP contribution is -2.38. The zero-order valence-electron chi connectivity index (χ0n) is 15.4. The first kappa shape index (κ1) is 19.8. The number of halogens is 2. The molecule has 0 atom stereocenters. The first-order valence-corrected chi connectivity index (χ1v) is 9.12. The van der Waals surface area contributed by atoms with Crippen LogP contribution in [0.5, 0.6) is 11.5 Å². The van der Waals surface area contributed by atoms with Crippen LogP contribution in [0, 0.1) is 15.5 Å². The van der Waals surface area contributed by atoms with E-state index in [9.17, 15) is 18.9 Å². The molecule has 0 saturated carbocycles. The van der Waals surface area contributed by atoms with Crippen molar-refractivity contribution in [2.45, 2.75) is 32.2 Å². The number of nitrogens with one attached hydrogen (secondary N) is 1. The molecule has 2 aliphatic rings. The average Bonchev–Trinajstić information content (AvgIpc) is 3.02. The van der Waals surface area contributed by atoms with E-state index in [1.165, 1.54) is 19.2 Å². The molecule has 1 N–H and O–H groups in total. The molecule has 0 aliphatic carbocycles. The Balaban J connectivity index is 1.78. The zero-order valence-corrected chi connectivity index (χ0v) is 15.4. The number of nitro groups is 1. The number of likely N-dealkylation sites (tertiary alicyclic amines) is 1. The van der Waals surface area contributed by atoms with Gasteiger partial charge in [-0.1, -0.05) is 0 Å². The number of hydrogen-bond acceptors (Lipinski definition) is 6. The molecule has 0 bridgehead atoms. The average molecular weight is 385 g/mol. The Morgan fingerprint density at radius 3 is 2.67 bits per heavy atom. The van der Waals surface area contributed by atoms with Crippen molar-refractivity contribution in [1.82, 2.24) is 10.2 Å². The maximum atomic E-state index is 12.4. The number of alkyl halides is 2. The number of methoxy groups -OCH3 is 1. The van der Waals surface area contributed by atoms with Crippen LogP contribution in [0.1, 0.15) is 24.8 Å². The largest absolute Gasteiger partial charge is 0.493 e. The molecule has 7 nitrogen and oxygen atoms in total. The fourth-order valence-electron chi connectivity index (χ4n) is 4.08. The van der Waals surface area contributed by atoms with Crippen molar-refractivity contribution in [2.24, 2.45) is 5.41 Å². The van der Waals surface area contributed by atoms with Gasteiger partial charge >= 0.3 is 0 Å². The van der Waals surface area contributed by atoms with E-state index in [4.69, 9.17) is 9.47 Å². The van der Waals surface area contributed by atoms with E-state index >= 15 is 0 Å². The van der Waals surface area contributed by atoms with E-state index in [1.54, 1.807) is 0 Å². The minimum absolute atomic E-state index is 0.0375. The van der Waals surface area contributed by atoms with Crippen LogP contribution < -0.4 is 14.8 Å². The summed E-state index contributed by atoms with van der Waals surface area (Å²) in [6.07, 6.45) is 0.666. The Bertz CT molecular complexity index is 681. The Morgan fingerprint density at radius 2 is 2.04 bits per heavy atom. The molecule has 1 spiro atoms. The zero-order chi connectivity index (χ0) is 19.4. The third kappa shape index (κ3) is 4.65. The van der Waals surface area contributed by atoms with Crippen LogP contribution in [0.25, 0.3) is 0 Å². The smallest absolute Gasteiger partial charge is 0.277 e. The monoisotopic (exact) mass is 385 g/mol. The van der Waals surface area contributed by atoms with Crippen LogP contribution in [-0.2, 0) is 6.54 Å². The summed E-state index contributed by atoms with van der Waals surface area (Å²) >= 11 is 0. The standard InChI is InChI=1S/C18H25F2N3O4/c1-26-15-8-13(14(23(24)25)9-16(15)27-11-17(19)20)10-22-7-4-18(12-22)2-5-21-6-3-18/h8-9,17,21H,2-7,10-12H2,1H3. The first-order valence-electron chi connectivity index (χ1n) is 9.12. The minimum atomic E-state index is -2.67. The van der Waals surface area contributed by atoms with Gasteiger partial charge in [0.1, 0.15) is 6.61 Å². The molecular formula is C18H25F2N3O4. The maximum absolute atomic E-state index is 12.4. The predicted molar refractivity (Wildman–Crippen MR) is 95.6 cm³/mol. The number of hydrogen-bond donors (Lipinski definition) is 1. The van der Waals surface area contributed by atoms with Gasteiger partial charge in [-0.3, -0.25) is 15.0 Å². The highest BCUT2D eigenvalue weighted by Gasteiger charge is 2.39. The second kappa shape index (κ2) is 8.35. The molecule has 27 heavy (non-hydrogen) atoms. The molecule has 2 heterocycles. The highest BCUT2D eigenvalue weighted by atomic mass is 19.3. The van der Waals surface area contributed by atoms with Crippen molar-refractivity contribution < 1.29 is 23.2 Å². The molecule has 2 saturated heterocycles. The molecule has 0 unspecified atom stereocenters. The van der Waals surface area contributed by atoms with Gasteiger partial charge in [-0.15, -0.1) is 0 Å². The first-order chi connectivity index (χ1) is 12.9. The van der Waals surface area contributed by atoms with Crippen molar-refractivity contribution in [1.29, 1.82) is 0 Å². The summed E-state index contributed by atoms with van der Waals surface area (Å²) in [5.74, 6) is 0.191. The Morgan fingerprint density at radius 1 is 1.30 bits per heavy atom. The molecule has 3 rings (SSSR count). The summed E-state index contributed by atoms with van der Waals surface area (Å²) in [6, 6.07) is 2.72. The van der Waals surface area contributed by atoms with Gasteiger partial charge in [0.25, 0.3) is 12.1 Å². The van der Waals surface area contributed by atoms with Crippen molar-refractivity contribution in [2.75, 3.05) is 39.9 Å². The van der Waals surface area contributed by atoms with Gasteiger partial charge in [0.05, 0.1) is 18.1 Å². The number of rotatable bonds is 7. The van der Waals surface area contributed by atoms with Crippen molar-refractivity contribution in [3.05, 3.63) is 27.8 Å². The van der Waals surface area contributed by atoms with E-state index in [0.717, 1.165) is 45.4 Å². The van der Waals surface area contributed by atoms with Gasteiger partial charge in [-0.25, -0.2) is 8.78 Å². The fourth-order valence-corrected chi connectivity index (χ4v) is 4.08. The molecule has 9 heteroatoms. The highest BCUT2D eigenvalue weighted by molar-refractivity contribution is 5.54. The summed E-state index contributed by atoms with van der Waals surface area (Å²) in [4.78, 5) is 13.2. The predicted octanol–water partition coefficient (Wildman–Crippen LogP) is 2.82. The maximum Gasteiger partial charge on any atom is 0.277 e. The lowest BCUT2D eigenvalue weighted by atomic mass is 9.78. The van der Waals surface area contributed by atoms with Gasteiger partial charge in [0, 0.05) is 18.7 Å². The van der Waals surface area contributed by atoms with Crippen LogP contribution in [-0.4, -0.2) is 56.1 Å². The Labute approximate surface area is 156 Å². The molecule has 0 amide bonds. The molecule has 2 fully saturated rings. The molecule has 0 radical (unpaired) electrons. The van der Waals surface area contributed by atoms with Crippen molar-refractivity contribution in [3.63, 3.8) is 0 Å². The summed E-state index contributed by atoms with van der Waals surface area (Å²) < 4.78 is 35.1. The number of nitrogens with zero attached hydrogens (tertiary/aromatic N) is 2. The lowest BCUT2D eigenvalue weighted by Gasteiger charge is -2.33. The molecule has 2 aliphatic heterocycles. The second-order valence-corrected chi connectivity index (χ2v) is 7.30. The Kier molecular flexibility index (Phi) is 6.11. The third-order valence-corrected chi connectivity index (χ3v) is 5.50. The number of benzene rings is 1. The van der Waals surface area contributed by atoms with Crippen LogP contribution in [0.15, 0.2) is 12.1 Å². The summed E-state index contributed by atoms with van der Waals surface area (Å²) in [7, 11) is 1.39. The number of nitro benzene ring substituents is 1. The van der Waals surface area contributed by atoms with Gasteiger partial charge in [0.15, 0.2) is 11.5 Å². The SMILES string of the molecule is COc1cc(CN2CCC3(CCNCC3)C2)c([N+](=O)[O-])cc1OCC(F)F. The van der Waals surface area contributed by atoms with Crippen LogP contribution in [0.4, 0.5) is 14.5 Å². The van der Waals surface area contributed by atoms with Gasteiger partial charge in [0.2, 0.25) is 0 Å². The molecular weight excluding hydrogens is 360 g/mol. The van der Waals surface area contributed by atoms with Gasteiger partial charge in [-0.2, -0.15) is 0 Å². The van der Waals surface area contributed by atoms with Crippen LogP contribution in [0.2, 0.25) is 0 Å². The van der Waals surface area contributed by atoms with Crippen molar-refractivity contribution >= 4 is 5.69 Å². The van der Waals surface area contributed by atoms with E-state index in [2.05, 4.69) is 10.2 Å².